The Kier molecular flexibility index (Phi) is 6.21. The number of amides is 1. The van der Waals surface area contributed by atoms with Crippen LogP contribution in [0.3, 0.4) is 0 Å². The lowest BCUT2D eigenvalue weighted by molar-refractivity contribution is -0.118. The van der Waals surface area contributed by atoms with Crippen molar-refractivity contribution in [1.82, 2.24) is 5.32 Å². The third-order valence-electron chi connectivity index (χ3n) is 3.58. The molecule has 1 amide bonds. The average molecular weight is 276 g/mol. The van der Waals surface area contributed by atoms with Crippen LogP contribution in [0.1, 0.15) is 64.1 Å². The molecule has 1 unspecified atom stereocenters. The molecule has 3 N–H and O–H groups in total. The Morgan fingerprint density at radius 1 is 1.20 bits per heavy atom. The van der Waals surface area contributed by atoms with Crippen LogP contribution in [-0.2, 0) is 10.2 Å². The number of primary amides is 1. The van der Waals surface area contributed by atoms with Crippen molar-refractivity contribution in [2.45, 2.75) is 58.4 Å². The van der Waals surface area contributed by atoms with E-state index in [4.69, 9.17) is 5.73 Å². The van der Waals surface area contributed by atoms with Gasteiger partial charge in [0.05, 0.1) is 0 Å². The molecule has 20 heavy (non-hydrogen) atoms. The summed E-state index contributed by atoms with van der Waals surface area (Å²) in [6.07, 6.45) is 2.32. The van der Waals surface area contributed by atoms with Crippen LogP contribution in [-0.4, -0.2) is 12.5 Å². The lowest BCUT2D eigenvalue weighted by Crippen LogP contribution is -2.20. The van der Waals surface area contributed by atoms with Gasteiger partial charge in [0, 0.05) is 12.5 Å². The van der Waals surface area contributed by atoms with Crippen molar-refractivity contribution < 1.29 is 4.79 Å². The fraction of sp³-hybridized carbons (Fsp3) is 0.588. The maximum Gasteiger partial charge on any atom is 0.217 e. The molecule has 0 aliphatic carbocycles. The molecular formula is C17H28N2O. The van der Waals surface area contributed by atoms with Gasteiger partial charge in [-0.1, -0.05) is 45.0 Å². The van der Waals surface area contributed by atoms with Gasteiger partial charge < -0.3 is 11.1 Å². The van der Waals surface area contributed by atoms with Crippen molar-refractivity contribution in [3.05, 3.63) is 35.4 Å². The normalized spacial score (nSPS) is 13.2. The van der Waals surface area contributed by atoms with Gasteiger partial charge in [-0.2, -0.15) is 0 Å². The molecule has 0 heterocycles. The van der Waals surface area contributed by atoms with E-state index in [1.807, 2.05) is 0 Å². The lowest BCUT2D eigenvalue weighted by Gasteiger charge is -2.20. The molecule has 1 rings (SSSR count). The van der Waals surface area contributed by atoms with Crippen molar-refractivity contribution in [2.75, 3.05) is 6.54 Å². The van der Waals surface area contributed by atoms with Crippen LogP contribution in [0.2, 0.25) is 0 Å². The maximum absolute atomic E-state index is 10.6. The predicted molar refractivity (Wildman–Crippen MR) is 84.6 cm³/mol. The van der Waals surface area contributed by atoms with E-state index in [0.29, 0.717) is 12.5 Å². The van der Waals surface area contributed by atoms with Crippen LogP contribution in [0, 0.1) is 0 Å². The minimum absolute atomic E-state index is 0.198. The molecule has 0 fully saturated rings. The maximum atomic E-state index is 10.6. The van der Waals surface area contributed by atoms with Crippen LogP contribution in [0.25, 0.3) is 0 Å². The molecule has 0 aliphatic heterocycles. The highest BCUT2D eigenvalue weighted by molar-refractivity contribution is 5.73. The van der Waals surface area contributed by atoms with E-state index < -0.39 is 0 Å². The number of nitrogens with one attached hydrogen (secondary N) is 1. The summed E-state index contributed by atoms with van der Waals surface area (Å²) in [6, 6.07) is 9.14. The molecule has 0 radical (unpaired) electrons. The Hall–Kier alpha value is -1.35. The summed E-state index contributed by atoms with van der Waals surface area (Å²) >= 11 is 0. The Balaban J connectivity index is 2.40. The van der Waals surface area contributed by atoms with Crippen LogP contribution >= 0.6 is 0 Å². The Morgan fingerprint density at radius 2 is 1.80 bits per heavy atom. The first-order chi connectivity index (χ1) is 9.30. The summed E-state index contributed by atoms with van der Waals surface area (Å²) in [7, 11) is 0. The third-order valence-corrected chi connectivity index (χ3v) is 3.58. The number of rotatable bonds is 7. The first-order valence-electron chi connectivity index (χ1n) is 7.43. The summed E-state index contributed by atoms with van der Waals surface area (Å²) in [5.74, 6) is -0.212. The highest BCUT2D eigenvalue weighted by Crippen LogP contribution is 2.23. The molecule has 1 aromatic rings. The number of hydrogen-bond acceptors (Lipinski definition) is 2. The Bertz CT molecular complexity index is 418. The number of carbonyl (C=O) groups excluding carboxylic acids is 1. The molecule has 0 saturated carbocycles. The monoisotopic (exact) mass is 276 g/mol. The number of hydrogen-bond donors (Lipinski definition) is 2. The van der Waals surface area contributed by atoms with Gasteiger partial charge in [0.25, 0.3) is 0 Å². The fourth-order valence-electron chi connectivity index (χ4n) is 2.13. The second-order valence-corrected chi connectivity index (χ2v) is 6.47. The van der Waals surface area contributed by atoms with Crippen molar-refractivity contribution >= 4 is 5.91 Å². The van der Waals surface area contributed by atoms with Gasteiger partial charge >= 0.3 is 0 Å². The first-order valence-corrected chi connectivity index (χ1v) is 7.43. The molecule has 1 atom stereocenters. The van der Waals surface area contributed by atoms with Gasteiger partial charge in [-0.05, 0) is 42.9 Å². The van der Waals surface area contributed by atoms with Gasteiger partial charge in [-0.15, -0.1) is 0 Å². The molecule has 1 aromatic carbocycles. The highest BCUT2D eigenvalue weighted by atomic mass is 16.1. The second kappa shape index (κ2) is 7.44. The molecular weight excluding hydrogens is 248 g/mol. The summed E-state index contributed by atoms with van der Waals surface area (Å²) in [5, 5.41) is 3.48. The van der Waals surface area contributed by atoms with Crippen LogP contribution < -0.4 is 11.1 Å². The number of nitrogens with two attached hydrogens (primary N) is 1. The topological polar surface area (TPSA) is 55.1 Å². The van der Waals surface area contributed by atoms with E-state index in [9.17, 15) is 4.79 Å². The van der Waals surface area contributed by atoms with Gasteiger partial charge in [0.2, 0.25) is 5.91 Å². The molecule has 0 saturated heterocycles. The average Bonchev–Trinajstić information content (AvgIpc) is 2.37. The van der Waals surface area contributed by atoms with Crippen LogP contribution in [0.15, 0.2) is 24.3 Å². The van der Waals surface area contributed by atoms with Crippen LogP contribution in [0.5, 0.6) is 0 Å². The highest BCUT2D eigenvalue weighted by Gasteiger charge is 2.13. The first kappa shape index (κ1) is 16.7. The third kappa shape index (κ3) is 5.74. The number of benzene rings is 1. The van der Waals surface area contributed by atoms with E-state index in [0.717, 1.165) is 19.4 Å². The van der Waals surface area contributed by atoms with Gasteiger partial charge in [-0.25, -0.2) is 0 Å². The molecule has 3 heteroatoms. The molecule has 3 nitrogen and oxygen atoms in total. The zero-order valence-electron chi connectivity index (χ0n) is 13.2. The summed E-state index contributed by atoms with van der Waals surface area (Å²) in [4.78, 5) is 10.6. The lowest BCUT2D eigenvalue weighted by atomic mass is 9.86. The second-order valence-electron chi connectivity index (χ2n) is 6.47. The number of unbranched alkanes of at least 4 members (excludes halogenated alkanes) is 1. The van der Waals surface area contributed by atoms with Crippen molar-refractivity contribution in [3.8, 4) is 0 Å². The van der Waals surface area contributed by atoms with Gasteiger partial charge in [0.15, 0.2) is 0 Å². The van der Waals surface area contributed by atoms with E-state index in [-0.39, 0.29) is 11.3 Å². The van der Waals surface area contributed by atoms with Crippen LogP contribution in [0.4, 0.5) is 0 Å². The molecule has 0 aromatic heterocycles. The summed E-state index contributed by atoms with van der Waals surface area (Å²) in [6.45, 7) is 9.75. The summed E-state index contributed by atoms with van der Waals surface area (Å²) < 4.78 is 0. The van der Waals surface area contributed by atoms with Crippen molar-refractivity contribution in [1.29, 1.82) is 0 Å². The molecule has 112 valence electrons. The van der Waals surface area contributed by atoms with Gasteiger partial charge in [0.1, 0.15) is 0 Å². The molecule has 0 spiro atoms. The smallest absolute Gasteiger partial charge is 0.217 e. The van der Waals surface area contributed by atoms with Crippen molar-refractivity contribution in [3.63, 3.8) is 0 Å². The van der Waals surface area contributed by atoms with E-state index >= 15 is 0 Å². The SMILES string of the molecule is CC(NCCCCC(N)=O)c1ccc(C(C)(C)C)cc1. The Morgan fingerprint density at radius 3 is 2.30 bits per heavy atom. The predicted octanol–water partition coefficient (Wildman–Crippen LogP) is 3.29. The largest absolute Gasteiger partial charge is 0.370 e. The van der Waals surface area contributed by atoms with E-state index in [1.165, 1.54) is 11.1 Å². The van der Waals surface area contributed by atoms with Gasteiger partial charge in [-0.3, -0.25) is 4.79 Å². The summed E-state index contributed by atoms with van der Waals surface area (Å²) in [5.41, 5.74) is 7.97. The minimum Gasteiger partial charge on any atom is -0.370 e. The minimum atomic E-state index is -0.212. The molecule has 0 bridgehead atoms. The fourth-order valence-corrected chi connectivity index (χ4v) is 2.13. The quantitative estimate of drug-likeness (QED) is 0.751. The van der Waals surface area contributed by atoms with E-state index in [1.54, 1.807) is 0 Å². The van der Waals surface area contributed by atoms with E-state index in [2.05, 4.69) is 57.3 Å². The zero-order chi connectivity index (χ0) is 15.2. The number of carbonyl (C=O) groups is 1. The Labute approximate surface area is 122 Å². The zero-order valence-corrected chi connectivity index (χ0v) is 13.2. The molecule has 0 aliphatic rings. The standard InChI is InChI=1S/C17H28N2O/c1-13(19-12-6-5-7-16(18)20)14-8-10-15(11-9-14)17(2,3)4/h8-11,13,19H,5-7,12H2,1-4H3,(H2,18,20). The van der Waals surface area contributed by atoms with Crippen molar-refractivity contribution in [2.24, 2.45) is 5.73 Å².